The van der Waals surface area contributed by atoms with Crippen molar-refractivity contribution < 1.29 is 10.2 Å². The molecule has 3 aromatic rings. The molecule has 2 aromatic heterocycles. The largest absolute Gasteiger partial charge is 0.508 e. The highest BCUT2D eigenvalue weighted by molar-refractivity contribution is 5.83. The third-order valence-corrected chi connectivity index (χ3v) is 3.05. The van der Waals surface area contributed by atoms with E-state index in [1.807, 2.05) is 19.9 Å². The Balaban J connectivity index is 1.96. The van der Waals surface area contributed by atoms with Gasteiger partial charge in [-0.2, -0.15) is 14.9 Å². The van der Waals surface area contributed by atoms with Gasteiger partial charge in [-0.3, -0.25) is 0 Å². The van der Waals surface area contributed by atoms with Crippen LogP contribution < -0.4 is 0 Å². The summed E-state index contributed by atoms with van der Waals surface area (Å²) in [5, 5.41) is 35.4. The Morgan fingerprint density at radius 2 is 2.00 bits per heavy atom. The van der Waals surface area contributed by atoms with E-state index in [1.165, 1.54) is 29.4 Å². The van der Waals surface area contributed by atoms with Crippen molar-refractivity contribution in [1.82, 2.24) is 24.7 Å². The topological polar surface area (TPSA) is 101 Å². The maximum Gasteiger partial charge on any atom is 0.273 e. The smallest absolute Gasteiger partial charge is 0.273 e. The second-order valence-electron chi connectivity index (χ2n) is 4.80. The lowest BCUT2D eigenvalue weighted by atomic mass is 10.2. The van der Waals surface area contributed by atoms with Crippen molar-refractivity contribution in [2.24, 2.45) is 5.10 Å². The molecule has 0 atom stereocenters. The zero-order chi connectivity index (χ0) is 15.7. The number of aromatic nitrogens is 5. The summed E-state index contributed by atoms with van der Waals surface area (Å²) >= 11 is 0. The summed E-state index contributed by atoms with van der Waals surface area (Å²) in [6.07, 6.45) is 2.90. The molecule has 0 aliphatic heterocycles. The van der Waals surface area contributed by atoms with Crippen LogP contribution in [0.15, 0.2) is 35.7 Å². The zero-order valence-corrected chi connectivity index (χ0v) is 12.0. The minimum Gasteiger partial charge on any atom is -0.508 e. The number of rotatable bonds is 3. The Kier molecular flexibility index (Phi) is 3.34. The van der Waals surface area contributed by atoms with Crippen LogP contribution in [0.2, 0.25) is 0 Å². The molecule has 0 bridgehead atoms. The van der Waals surface area contributed by atoms with E-state index in [9.17, 15) is 10.2 Å². The van der Waals surface area contributed by atoms with E-state index in [1.54, 1.807) is 10.7 Å². The Bertz CT molecular complexity index is 849. The molecule has 112 valence electrons. The number of aromatic hydroxyl groups is 2. The van der Waals surface area contributed by atoms with Gasteiger partial charge in [0.2, 0.25) is 0 Å². The highest BCUT2D eigenvalue weighted by Crippen LogP contribution is 2.21. The lowest BCUT2D eigenvalue weighted by Gasteiger charge is -2.03. The van der Waals surface area contributed by atoms with Gasteiger partial charge in [-0.05, 0) is 32.0 Å². The first-order valence-corrected chi connectivity index (χ1v) is 6.54. The van der Waals surface area contributed by atoms with Crippen LogP contribution >= 0.6 is 0 Å². The van der Waals surface area contributed by atoms with Crippen molar-refractivity contribution in [2.75, 3.05) is 0 Å². The molecule has 8 nitrogen and oxygen atoms in total. The normalized spacial score (nSPS) is 11.4. The van der Waals surface area contributed by atoms with Crippen LogP contribution in [0, 0.1) is 13.8 Å². The van der Waals surface area contributed by atoms with Crippen LogP contribution in [0.5, 0.6) is 11.5 Å². The predicted octanol–water partition coefficient (Wildman–Crippen LogP) is 1.37. The molecule has 0 aliphatic rings. The van der Waals surface area contributed by atoms with Crippen LogP contribution in [0.4, 0.5) is 0 Å². The molecule has 8 heteroatoms. The number of phenols is 2. The molecular formula is C14H14N6O2. The molecule has 0 radical (unpaired) electrons. The summed E-state index contributed by atoms with van der Waals surface area (Å²) in [6.45, 7) is 3.80. The molecule has 0 spiro atoms. The number of hydrogen-bond donors (Lipinski definition) is 2. The van der Waals surface area contributed by atoms with Gasteiger partial charge < -0.3 is 10.2 Å². The Labute approximate surface area is 126 Å². The van der Waals surface area contributed by atoms with E-state index >= 15 is 0 Å². The van der Waals surface area contributed by atoms with Gasteiger partial charge in [-0.15, -0.1) is 10.2 Å². The first kappa shape index (κ1) is 13.8. The summed E-state index contributed by atoms with van der Waals surface area (Å²) in [5.74, 6) is 0.367. The average Bonchev–Trinajstić information content (AvgIpc) is 3.03. The molecule has 3 rings (SSSR count). The Hall–Kier alpha value is -3.16. The maximum atomic E-state index is 9.74. The van der Waals surface area contributed by atoms with E-state index in [-0.39, 0.29) is 11.5 Å². The maximum absolute atomic E-state index is 9.74. The first-order chi connectivity index (χ1) is 10.5. The van der Waals surface area contributed by atoms with Crippen molar-refractivity contribution in [2.45, 2.75) is 13.8 Å². The molecule has 0 aliphatic carbocycles. The number of nitrogens with zero attached hydrogens (tertiary/aromatic N) is 6. The van der Waals surface area contributed by atoms with Crippen molar-refractivity contribution in [3.63, 3.8) is 0 Å². The lowest BCUT2D eigenvalue weighted by molar-refractivity contribution is 0.450. The van der Waals surface area contributed by atoms with E-state index in [4.69, 9.17) is 0 Å². The number of hydrogen-bond acceptors (Lipinski definition) is 6. The lowest BCUT2D eigenvalue weighted by Crippen LogP contribution is -2.06. The van der Waals surface area contributed by atoms with Crippen LogP contribution in [0.1, 0.15) is 17.0 Å². The quantitative estimate of drug-likeness (QED) is 0.711. The molecular weight excluding hydrogens is 284 g/mol. The van der Waals surface area contributed by atoms with Gasteiger partial charge in [-0.25, -0.2) is 4.68 Å². The van der Waals surface area contributed by atoms with E-state index in [0.29, 0.717) is 11.5 Å². The Morgan fingerprint density at radius 3 is 2.68 bits per heavy atom. The summed E-state index contributed by atoms with van der Waals surface area (Å²) in [6, 6.07) is 6.20. The summed E-state index contributed by atoms with van der Waals surface area (Å²) in [4.78, 5) is 0. The summed E-state index contributed by atoms with van der Waals surface area (Å²) in [5.41, 5.74) is 2.24. The van der Waals surface area contributed by atoms with Gasteiger partial charge in [-0.1, -0.05) is 0 Å². The van der Waals surface area contributed by atoms with Crippen LogP contribution in [-0.2, 0) is 0 Å². The number of benzene rings is 1. The summed E-state index contributed by atoms with van der Waals surface area (Å²) in [7, 11) is 0. The predicted molar refractivity (Wildman–Crippen MR) is 79.4 cm³/mol. The van der Waals surface area contributed by atoms with Crippen LogP contribution in [-0.4, -0.2) is 41.1 Å². The van der Waals surface area contributed by atoms with Crippen LogP contribution in [0.3, 0.4) is 0 Å². The third kappa shape index (κ3) is 2.53. The van der Waals surface area contributed by atoms with E-state index in [0.717, 1.165) is 11.4 Å². The molecule has 1 aromatic carbocycles. The third-order valence-electron chi connectivity index (χ3n) is 3.05. The second kappa shape index (κ2) is 5.32. The van der Waals surface area contributed by atoms with E-state index < -0.39 is 0 Å². The van der Waals surface area contributed by atoms with Gasteiger partial charge >= 0.3 is 0 Å². The number of aryl methyl sites for hydroxylation is 2. The molecule has 22 heavy (non-hydrogen) atoms. The van der Waals surface area contributed by atoms with Crippen LogP contribution in [0.25, 0.3) is 5.95 Å². The SMILES string of the molecule is Cc1cc(C)n(-c2nncn2/N=C\c2ccc(O)cc2O)n1. The highest BCUT2D eigenvalue weighted by Gasteiger charge is 2.10. The van der Waals surface area contributed by atoms with Gasteiger partial charge in [0.15, 0.2) is 0 Å². The monoisotopic (exact) mass is 298 g/mol. The standard InChI is InChI=1S/C14H14N6O2/c1-9-5-10(2)20(18-9)14-17-15-8-19(14)16-7-11-3-4-12(21)6-13(11)22/h3-8,21-22H,1-2H3/b16-7-. The van der Waals surface area contributed by atoms with Crippen molar-refractivity contribution in [3.8, 4) is 17.4 Å². The van der Waals surface area contributed by atoms with Gasteiger partial charge in [0.05, 0.1) is 11.9 Å². The van der Waals surface area contributed by atoms with E-state index in [2.05, 4.69) is 20.4 Å². The number of phenolic OH excluding ortho intramolecular Hbond substituents is 2. The molecule has 2 N–H and O–H groups in total. The molecule has 0 saturated heterocycles. The fraction of sp³-hybridized carbons (Fsp3) is 0.143. The van der Waals surface area contributed by atoms with Crippen molar-refractivity contribution >= 4 is 6.21 Å². The van der Waals surface area contributed by atoms with Crippen molar-refractivity contribution in [3.05, 3.63) is 47.5 Å². The minimum atomic E-state index is -0.0653. The highest BCUT2D eigenvalue weighted by atomic mass is 16.3. The fourth-order valence-corrected chi connectivity index (χ4v) is 2.04. The minimum absolute atomic E-state index is 0.0118. The fourth-order valence-electron chi connectivity index (χ4n) is 2.04. The van der Waals surface area contributed by atoms with Crippen molar-refractivity contribution in [1.29, 1.82) is 0 Å². The molecule has 0 saturated carbocycles. The molecule has 0 unspecified atom stereocenters. The van der Waals surface area contributed by atoms with Gasteiger partial charge in [0.25, 0.3) is 5.95 Å². The van der Waals surface area contributed by atoms with Gasteiger partial charge in [0, 0.05) is 17.3 Å². The molecule has 0 amide bonds. The second-order valence-corrected chi connectivity index (χ2v) is 4.80. The first-order valence-electron chi connectivity index (χ1n) is 6.54. The molecule has 0 fully saturated rings. The zero-order valence-electron chi connectivity index (χ0n) is 12.0. The average molecular weight is 298 g/mol. The Morgan fingerprint density at radius 1 is 1.18 bits per heavy atom. The molecule has 2 heterocycles. The summed E-state index contributed by atoms with van der Waals surface area (Å²) < 4.78 is 3.09. The van der Waals surface area contributed by atoms with Gasteiger partial charge in [0.1, 0.15) is 17.8 Å².